The Bertz CT molecular complexity index is 608. The smallest absolute Gasteiger partial charge is 0.251 e. The summed E-state index contributed by atoms with van der Waals surface area (Å²) in [5.41, 5.74) is 1.56. The van der Waals surface area contributed by atoms with Gasteiger partial charge in [0.1, 0.15) is 5.75 Å². The molecule has 0 spiro atoms. The number of ether oxygens (including phenoxy) is 1. The van der Waals surface area contributed by atoms with E-state index >= 15 is 0 Å². The average Bonchev–Trinajstić information content (AvgIpc) is 2.86. The van der Waals surface area contributed by atoms with Crippen molar-refractivity contribution in [1.29, 1.82) is 0 Å². The van der Waals surface area contributed by atoms with Gasteiger partial charge in [0.05, 0.1) is 29.5 Å². The Morgan fingerprint density at radius 1 is 1.33 bits per heavy atom. The number of carbonyl (C=O) groups excluding carboxylic acids is 1. The highest BCUT2D eigenvalue weighted by Crippen LogP contribution is 2.16. The van der Waals surface area contributed by atoms with Crippen molar-refractivity contribution in [2.24, 2.45) is 0 Å². The number of amides is 1. The fourth-order valence-electron chi connectivity index (χ4n) is 1.97. The zero-order valence-corrected chi connectivity index (χ0v) is 13.7. The van der Waals surface area contributed by atoms with Crippen molar-refractivity contribution < 1.29 is 9.53 Å². The van der Waals surface area contributed by atoms with Crippen LogP contribution in [0, 0.1) is 0 Å². The maximum Gasteiger partial charge on any atom is 0.251 e. The van der Waals surface area contributed by atoms with Crippen molar-refractivity contribution in [3.8, 4) is 5.75 Å². The van der Waals surface area contributed by atoms with Crippen molar-refractivity contribution in [2.45, 2.75) is 26.9 Å². The van der Waals surface area contributed by atoms with Gasteiger partial charge in [-0.05, 0) is 54.0 Å². The summed E-state index contributed by atoms with van der Waals surface area (Å²) < 4.78 is 8.11. The monoisotopic (exact) mass is 351 g/mol. The van der Waals surface area contributed by atoms with Crippen LogP contribution in [0.1, 0.15) is 29.9 Å². The number of aromatic nitrogens is 2. The Hall–Kier alpha value is -1.82. The fraction of sp³-hybridized carbons (Fsp3) is 0.333. The Labute approximate surface area is 132 Å². The third-order valence-electron chi connectivity index (χ3n) is 3.04. The third kappa shape index (κ3) is 3.85. The average molecular weight is 352 g/mol. The molecule has 6 heteroatoms. The molecule has 1 N–H and O–H groups in total. The number of hydrogen-bond donors (Lipinski definition) is 1. The van der Waals surface area contributed by atoms with E-state index in [4.69, 9.17) is 4.74 Å². The number of nitrogens with one attached hydrogen (secondary N) is 1. The topological polar surface area (TPSA) is 56.1 Å². The molecular weight excluding hydrogens is 334 g/mol. The molecule has 1 heterocycles. The van der Waals surface area contributed by atoms with E-state index < -0.39 is 0 Å². The second-order valence-corrected chi connectivity index (χ2v) is 5.25. The highest BCUT2D eigenvalue weighted by atomic mass is 79.9. The molecule has 0 saturated heterocycles. The van der Waals surface area contributed by atoms with Gasteiger partial charge in [0, 0.05) is 12.1 Å². The van der Waals surface area contributed by atoms with Gasteiger partial charge < -0.3 is 10.1 Å². The maximum atomic E-state index is 12.1. The first-order valence-corrected chi connectivity index (χ1v) is 7.66. The predicted octanol–water partition coefficient (Wildman–Crippen LogP) is 2.99. The molecule has 0 fully saturated rings. The molecule has 0 radical (unpaired) electrons. The number of hydrogen-bond acceptors (Lipinski definition) is 3. The summed E-state index contributed by atoms with van der Waals surface area (Å²) in [4.78, 5) is 12.1. The second kappa shape index (κ2) is 7.26. The van der Waals surface area contributed by atoms with E-state index in [0.717, 1.165) is 22.5 Å². The van der Waals surface area contributed by atoms with Crippen LogP contribution >= 0.6 is 15.9 Å². The Morgan fingerprint density at radius 3 is 2.67 bits per heavy atom. The normalized spacial score (nSPS) is 10.4. The van der Waals surface area contributed by atoms with Crippen LogP contribution in [0.2, 0.25) is 0 Å². The van der Waals surface area contributed by atoms with Gasteiger partial charge in [0.15, 0.2) is 0 Å². The van der Waals surface area contributed by atoms with Crippen LogP contribution in [0.4, 0.5) is 0 Å². The van der Waals surface area contributed by atoms with Crippen molar-refractivity contribution >= 4 is 21.8 Å². The van der Waals surface area contributed by atoms with Crippen molar-refractivity contribution in [1.82, 2.24) is 15.1 Å². The molecule has 1 aromatic carbocycles. The molecular formula is C15H18BrN3O2. The standard InChI is InChI=1S/C15H18BrN3O2/c1-3-19-14(13(16)9-18-19)10-17-15(20)11-5-7-12(8-6-11)21-4-2/h5-9H,3-4,10H2,1-2H3,(H,17,20). The van der Waals surface area contributed by atoms with Crippen LogP contribution < -0.4 is 10.1 Å². The molecule has 1 aromatic heterocycles. The van der Waals surface area contributed by atoms with Crippen LogP contribution in [0.5, 0.6) is 5.75 Å². The van der Waals surface area contributed by atoms with Crippen LogP contribution in [0.15, 0.2) is 34.9 Å². The van der Waals surface area contributed by atoms with Gasteiger partial charge in [0.25, 0.3) is 5.91 Å². The van der Waals surface area contributed by atoms with E-state index in [-0.39, 0.29) is 5.91 Å². The molecule has 0 unspecified atom stereocenters. The molecule has 0 bridgehead atoms. The summed E-state index contributed by atoms with van der Waals surface area (Å²) in [6, 6.07) is 7.11. The van der Waals surface area contributed by atoms with Gasteiger partial charge in [-0.15, -0.1) is 0 Å². The SMILES string of the molecule is CCOc1ccc(C(=O)NCc2c(Br)cnn2CC)cc1. The van der Waals surface area contributed by atoms with Gasteiger partial charge in [-0.25, -0.2) is 0 Å². The van der Waals surface area contributed by atoms with Gasteiger partial charge in [-0.3, -0.25) is 9.48 Å². The van der Waals surface area contributed by atoms with Crippen molar-refractivity contribution in [2.75, 3.05) is 6.61 Å². The number of rotatable bonds is 6. The summed E-state index contributed by atoms with van der Waals surface area (Å²) in [5.74, 6) is 0.648. The lowest BCUT2D eigenvalue weighted by Crippen LogP contribution is -2.24. The minimum atomic E-state index is -0.117. The molecule has 0 atom stereocenters. The largest absolute Gasteiger partial charge is 0.494 e. The molecule has 0 aliphatic rings. The van der Waals surface area contributed by atoms with Gasteiger partial charge >= 0.3 is 0 Å². The Morgan fingerprint density at radius 2 is 2.05 bits per heavy atom. The zero-order chi connectivity index (χ0) is 15.2. The summed E-state index contributed by atoms with van der Waals surface area (Å²) in [6.45, 7) is 5.74. The number of carbonyl (C=O) groups is 1. The Balaban J connectivity index is 1.99. The quantitative estimate of drug-likeness (QED) is 0.870. The van der Waals surface area contributed by atoms with Crippen LogP contribution in [0.25, 0.3) is 0 Å². The third-order valence-corrected chi connectivity index (χ3v) is 3.70. The number of aryl methyl sites for hydroxylation is 1. The van der Waals surface area contributed by atoms with Gasteiger partial charge in [-0.1, -0.05) is 0 Å². The number of nitrogens with zero attached hydrogens (tertiary/aromatic N) is 2. The molecule has 0 saturated carbocycles. The molecule has 2 aromatic rings. The predicted molar refractivity (Wildman–Crippen MR) is 84.4 cm³/mol. The summed E-state index contributed by atoms with van der Waals surface area (Å²) in [7, 11) is 0. The highest BCUT2D eigenvalue weighted by Gasteiger charge is 2.10. The van der Waals surface area contributed by atoms with Gasteiger partial charge in [0.2, 0.25) is 0 Å². The highest BCUT2D eigenvalue weighted by molar-refractivity contribution is 9.10. The molecule has 1 amide bonds. The Kier molecular flexibility index (Phi) is 5.38. The van der Waals surface area contributed by atoms with E-state index in [1.54, 1.807) is 30.5 Å². The molecule has 0 aliphatic heterocycles. The molecule has 112 valence electrons. The van der Waals surface area contributed by atoms with Crippen LogP contribution in [-0.2, 0) is 13.1 Å². The lowest BCUT2D eigenvalue weighted by molar-refractivity contribution is 0.0950. The van der Waals surface area contributed by atoms with E-state index in [0.29, 0.717) is 18.7 Å². The van der Waals surface area contributed by atoms with Crippen molar-refractivity contribution in [3.63, 3.8) is 0 Å². The molecule has 5 nitrogen and oxygen atoms in total. The first kappa shape index (κ1) is 15.6. The molecule has 0 aliphatic carbocycles. The summed E-state index contributed by atoms with van der Waals surface area (Å²) in [5, 5.41) is 7.12. The lowest BCUT2D eigenvalue weighted by atomic mass is 10.2. The first-order chi connectivity index (χ1) is 10.2. The van der Waals surface area contributed by atoms with E-state index in [1.165, 1.54) is 0 Å². The van der Waals surface area contributed by atoms with E-state index in [2.05, 4.69) is 26.3 Å². The maximum absolute atomic E-state index is 12.1. The molecule has 21 heavy (non-hydrogen) atoms. The number of halogens is 1. The van der Waals surface area contributed by atoms with E-state index in [9.17, 15) is 4.79 Å². The first-order valence-electron chi connectivity index (χ1n) is 6.87. The van der Waals surface area contributed by atoms with Crippen molar-refractivity contribution in [3.05, 3.63) is 46.2 Å². The van der Waals surface area contributed by atoms with Gasteiger partial charge in [-0.2, -0.15) is 5.10 Å². The minimum absolute atomic E-state index is 0.117. The lowest BCUT2D eigenvalue weighted by Gasteiger charge is -2.08. The second-order valence-electron chi connectivity index (χ2n) is 4.40. The fourth-order valence-corrected chi connectivity index (χ4v) is 2.41. The number of benzene rings is 1. The van der Waals surface area contributed by atoms with E-state index in [1.807, 2.05) is 18.5 Å². The molecule has 2 rings (SSSR count). The minimum Gasteiger partial charge on any atom is -0.494 e. The summed E-state index contributed by atoms with van der Waals surface area (Å²) in [6.07, 6.45) is 1.74. The zero-order valence-electron chi connectivity index (χ0n) is 12.1. The van der Waals surface area contributed by atoms with Crippen LogP contribution in [0.3, 0.4) is 0 Å². The van der Waals surface area contributed by atoms with Crippen LogP contribution in [-0.4, -0.2) is 22.3 Å². The summed E-state index contributed by atoms with van der Waals surface area (Å²) >= 11 is 3.44.